The predicted molar refractivity (Wildman–Crippen MR) is 121 cm³/mol. The van der Waals surface area contributed by atoms with Crippen LogP contribution >= 0.6 is 23.2 Å². The summed E-state index contributed by atoms with van der Waals surface area (Å²) in [7, 11) is 1.42. The standard InChI is InChI=1S/C24H15Cl2NO5/c1-30-20-13-14(11-18(26)21(20)31-23(28)16-5-3-2-4-6-16)12-19-24(29)32-22(27-19)15-7-9-17(25)10-8-15/h2-13H,1H3/b19-12+. The van der Waals surface area contributed by atoms with Crippen LogP contribution in [0.1, 0.15) is 21.5 Å². The quantitative estimate of drug-likeness (QED) is 0.278. The molecule has 8 heteroatoms. The Hall–Kier alpha value is -3.61. The lowest BCUT2D eigenvalue weighted by atomic mass is 10.1. The molecule has 0 N–H and O–H groups in total. The minimum Gasteiger partial charge on any atom is -0.493 e. The largest absolute Gasteiger partial charge is 0.493 e. The highest BCUT2D eigenvalue weighted by Crippen LogP contribution is 2.38. The van der Waals surface area contributed by atoms with Crippen LogP contribution in [0.4, 0.5) is 0 Å². The SMILES string of the molecule is COc1cc(/C=C2/N=C(c3ccc(Cl)cc3)OC2=O)cc(Cl)c1OC(=O)c1ccccc1. The summed E-state index contributed by atoms with van der Waals surface area (Å²) in [6.07, 6.45) is 1.50. The summed E-state index contributed by atoms with van der Waals surface area (Å²) in [5, 5.41) is 0.693. The smallest absolute Gasteiger partial charge is 0.363 e. The summed E-state index contributed by atoms with van der Waals surface area (Å²) in [4.78, 5) is 28.9. The Bertz CT molecular complexity index is 1250. The second-order valence-corrected chi connectivity index (χ2v) is 7.48. The van der Waals surface area contributed by atoms with E-state index in [0.717, 1.165) is 0 Å². The van der Waals surface area contributed by atoms with E-state index in [1.165, 1.54) is 19.3 Å². The molecule has 0 saturated carbocycles. The normalized spacial score (nSPS) is 14.2. The minimum atomic E-state index is -0.607. The van der Waals surface area contributed by atoms with Crippen LogP contribution in [0.5, 0.6) is 11.5 Å². The summed E-state index contributed by atoms with van der Waals surface area (Å²) >= 11 is 12.2. The Morgan fingerprint density at radius 2 is 1.75 bits per heavy atom. The Labute approximate surface area is 193 Å². The highest BCUT2D eigenvalue weighted by molar-refractivity contribution is 6.32. The van der Waals surface area contributed by atoms with E-state index in [-0.39, 0.29) is 28.1 Å². The monoisotopic (exact) mass is 467 g/mol. The van der Waals surface area contributed by atoms with Gasteiger partial charge in [-0.15, -0.1) is 0 Å². The lowest BCUT2D eigenvalue weighted by Crippen LogP contribution is -2.09. The van der Waals surface area contributed by atoms with Gasteiger partial charge in [-0.2, -0.15) is 0 Å². The fourth-order valence-corrected chi connectivity index (χ4v) is 3.31. The molecule has 0 spiro atoms. The van der Waals surface area contributed by atoms with Crippen molar-refractivity contribution in [1.82, 2.24) is 0 Å². The maximum atomic E-state index is 12.4. The van der Waals surface area contributed by atoms with Crippen LogP contribution < -0.4 is 9.47 Å². The first-order valence-corrected chi connectivity index (χ1v) is 10.1. The molecule has 0 bridgehead atoms. The van der Waals surface area contributed by atoms with Crippen LogP contribution in [-0.2, 0) is 9.53 Å². The van der Waals surface area contributed by atoms with Crippen molar-refractivity contribution in [2.24, 2.45) is 4.99 Å². The molecule has 0 atom stereocenters. The minimum absolute atomic E-state index is 0.0736. The van der Waals surface area contributed by atoms with E-state index in [1.807, 2.05) is 0 Å². The van der Waals surface area contributed by atoms with Crippen LogP contribution in [0, 0.1) is 0 Å². The Kier molecular flexibility index (Phi) is 6.25. The third-order valence-corrected chi connectivity index (χ3v) is 5.00. The average Bonchev–Trinajstić information content (AvgIpc) is 3.16. The lowest BCUT2D eigenvalue weighted by Gasteiger charge is -2.12. The maximum absolute atomic E-state index is 12.4. The highest BCUT2D eigenvalue weighted by atomic mass is 35.5. The predicted octanol–water partition coefficient (Wildman–Crippen LogP) is 5.57. The Balaban J connectivity index is 1.62. The Morgan fingerprint density at radius 1 is 1.03 bits per heavy atom. The molecule has 1 aliphatic heterocycles. The molecular formula is C24H15Cl2NO5. The second-order valence-electron chi connectivity index (χ2n) is 6.63. The van der Waals surface area contributed by atoms with E-state index in [9.17, 15) is 9.59 Å². The number of hydrogen-bond acceptors (Lipinski definition) is 6. The first-order chi connectivity index (χ1) is 15.4. The molecule has 32 heavy (non-hydrogen) atoms. The van der Waals surface area contributed by atoms with Gasteiger partial charge in [0.2, 0.25) is 5.90 Å². The van der Waals surface area contributed by atoms with E-state index in [1.54, 1.807) is 60.7 Å². The van der Waals surface area contributed by atoms with Crippen molar-refractivity contribution in [1.29, 1.82) is 0 Å². The van der Waals surface area contributed by atoms with Gasteiger partial charge in [-0.3, -0.25) is 0 Å². The summed E-state index contributed by atoms with van der Waals surface area (Å²) in [6, 6.07) is 18.4. The van der Waals surface area contributed by atoms with Gasteiger partial charge in [0.25, 0.3) is 0 Å². The number of methoxy groups -OCH3 is 1. The zero-order valence-electron chi connectivity index (χ0n) is 16.7. The summed E-state index contributed by atoms with van der Waals surface area (Å²) in [6.45, 7) is 0. The zero-order valence-corrected chi connectivity index (χ0v) is 18.2. The molecule has 4 rings (SSSR count). The molecule has 160 valence electrons. The van der Waals surface area contributed by atoms with Crippen molar-refractivity contribution < 1.29 is 23.8 Å². The van der Waals surface area contributed by atoms with Gasteiger partial charge in [-0.1, -0.05) is 41.4 Å². The van der Waals surface area contributed by atoms with Crippen LogP contribution in [-0.4, -0.2) is 24.9 Å². The first kappa shape index (κ1) is 21.6. The molecule has 1 aliphatic rings. The highest BCUT2D eigenvalue weighted by Gasteiger charge is 2.25. The number of carbonyl (C=O) groups excluding carboxylic acids is 2. The molecule has 0 saturated heterocycles. The third-order valence-electron chi connectivity index (χ3n) is 4.47. The van der Waals surface area contributed by atoms with Gasteiger partial charge in [0.1, 0.15) is 0 Å². The number of hydrogen-bond donors (Lipinski definition) is 0. The van der Waals surface area contributed by atoms with Crippen molar-refractivity contribution in [2.75, 3.05) is 7.11 Å². The molecule has 3 aromatic carbocycles. The van der Waals surface area contributed by atoms with E-state index in [0.29, 0.717) is 21.7 Å². The fourth-order valence-electron chi connectivity index (χ4n) is 2.93. The molecule has 1 heterocycles. The number of aliphatic imine (C=N–C) groups is 1. The number of carbonyl (C=O) groups is 2. The molecule has 0 amide bonds. The third kappa shape index (κ3) is 4.66. The van der Waals surface area contributed by atoms with Crippen molar-refractivity contribution >= 4 is 47.1 Å². The molecule has 0 unspecified atom stereocenters. The van der Waals surface area contributed by atoms with Gasteiger partial charge in [0.15, 0.2) is 17.2 Å². The number of rotatable bonds is 5. The van der Waals surface area contributed by atoms with Gasteiger partial charge in [0, 0.05) is 10.6 Å². The fraction of sp³-hybridized carbons (Fsp3) is 0.0417. The lowest BCUT2D eigenvalue weighted by molar-refractivity contribution is -0.129. The van der Waals surface area contributed by atoms with Gasteiger partial charge >= 0.3 is 11.9 Å². The molecule has 0 aromatic heterocycles. The number of ether oxygens (including phenoxy) is 3. The number of cyclic esters (lactones) is 1. The van der Waals surface area contributed by atoms with Crippen LogP contribution in [0.15, 0.2) is 77.4 Å². The molecule has 3 aromatic rings. The topological polar surface area (TPSA) is 74.2 Å². The van der Waals surface area contributed by atoms with Gasteiger partial charge in [0.05, 0.1) is 17.7 Å². The van der Waals surface area contributed by atoms with Crippen molar-refractivity contribution in [2.45, 2.75) is 0 Å². The van der Waals surface area contributed by atoms with Gasteiger partial charge < -0.3 is 14.2 Å². The van der Waals surface area contributed by atoms with Crippen molar-refractivity contribution in [3.05, 3.63) is 99.2 Å². The average molecular weight is 468 g/mol. The molecule has 0 fully saturated rings. The Morgan fingerprint density at radius 3 is 2.44 bits per heavy atom. The van der Waals surface area contributed by atoms with Crippen LogP contribution in [0.25, 0.3) is 6.08 Å². The van der Waals surface area contributed by atoms with Gasteiger partial charge in [-0.05, 0) is 60.2 Å². The van der Waals surface area contributed by atoms with E-state index >= 15 is 0 Å². The van der Waals surface area contributed by atoms with Crippen LogP contribution in [0.2, 0.25) is 10.0 Å². The maximum Gasteiger partial charge on any atom is 0.363 e. The van der Waals surface area contributed by atoms with E-state index in [2.05, 4.69) is 4.99 Å². The second kappa shape index (κ2) is 9.26. The van der Waals surface area contributed by atoms with Crippen LogP contribution in [0.3, 0.4) is 0 Å². The van der Waals surface area contributed by atoms with E-state index < -0.39 is 11.9 Å². The summed E-state index contributed by atoms with van der Waals surface area (Å²) < 4.78 is 16.0. The van der Waals surface area contributed by atoms with Crippen molar-refractivity contribution in [3.63, 3.8) is 0 Å². The number of esters is 2. The number of benzene rings is 3. The summed E-state index contributed by atoms with van der Waals surface area (Å²) in [5.41, 5.74) is 1.58. The van der Waals surface area contributed by atoms with Crippen molar-refractivity contribution in [3.8, 4) is 11.5 Å². The molecule has 0 aliphatic carbocycles. The molecular weight excluding hydrogens is 453 g/mol. The summed E-state index contributed by atoms with van der Waals surface area (Å²) in [5.74, 6) is -0.714. The molecule has 0 radical (unpaired) electrons. The first-order valence-electron chi connectivity index (χ1n) is 9.38. The number of nitrogens with zero attached hydrogens (tertiary/aromatic N) is 1. The van der Waals surface area contributed by atoms with Gasteiger partial charge in [-0.25, -0.2) is 14.6 Å². The zero-order chi connectivity index (χ0) is 22.7. The molecule has 6 nitrogen and oxygen atoms in total. The number of halogens is 2. The van der Waals surface area contributed by atoms with E-state index in [4.69, 9.17) is 37.4 Å².